The highest BCUT2D eigenvalue weighted by molar-refractivity contribution is 5.86. The van der Waals surface area contributed by atoms with Crippen LogP contribution in [-0.2, 0) is 0 Å². The molecule has 4 nitrogen and oxygen atoms in total. The second kappa shape index (κ2) is 8.96. The molecule has 0 aliphatic heterocycles. The van der Waals surface area contributed by atoms with E-state index in [-0.39, 0.29) is 11.6 Å². The molecule has 0 radical (unpaired) electrons. The summed E-state index contributed by atoms with van der Waals surface area (Å²) in [5, 5.41) is 21.2. The Bertz CT molecular complexity index is 1100. The van der Waals surface area contributed by atoms with E-state index in [0.717, 1.165) is 41.5 Å². The minimum Gasteiger partial charge on any atom is -0.507 e. The summed E-state index contributed by atoms with van der Waals surface area (Å²) in [6.07, 6.45) is 8.04. The Morgan fingerprint density at radius 2 is 1.42 bits per heavy atom. The fourth-order valence-corrected chi connectivity index (χ4v) is 5.50. The molecular formula is C29H38N2O2. The quantitative estimate of drug-likeness (QED) is 0.479. The van der Waals surface area contributed by atoms with Crippen LogP contribution in [-0.4, -0.2) is 34.2 Å². The number of phenols is 2. The topological polar surface area (TPSA) is 65.2 Å². The molecule has 2 saturated carbocycles. The van der Waals surface area contributed by atoms with Crippen molar-refractivity contribution in [3.63, 3.8) is 0 Å². The van der Waals surface area contributed by atoms with Gasteiger partial charge in [-0.2, -0.15) is 0 Å². The van der Waals surface area contributed by atoms with Crippen LogP contribution in [0.25, 0.3) is 0 Å². The van der Waals surface area contributed by atoms with E-state index >= 15 is 0 Å². The van der Waals surface area contributed by atoms with E-state index in [1.807, 2.05) is 26.3 Å². The molecule has 0 amide bonds. The summed E-state index contributed by atoms with van der Waals surface area (Å²) in [4.78, 5) is 10.1. The normalized spacial score (nSPS) is 24.8. The zero-order chi connectivity index (χ0) is 23.9. The zero-order valence-electron chi connectivity index (χ0n) is 20.9. The van der Waals surface area contributed by atoms with Crippen LogP contribution >= 0.6 is 0 Å². The van der Waals surface area contributed by atoms with E-state index in [9.17, 15) is 10.2 Å². The zero-order valence-corrected chi connectivity index (χ0v) is 20.9. The van der Waals surface area contributed by atoms with Crippen LogP contribution in [0.4, 0.5) is 0 Å². The Balaban J connectivity index is 1.64. The lowest BCUT2D eigenvalue weighted by molar-refractivity contribution is 0.367. The van der Waals surface area contributed by atoms with Gasteiger partial charge in [0.1, 0.15) is 11.5 Å². The van der Waals surface area contributed by atoms with Crippen molar-refractivity contribution in [2.24, 2.45) is 15.9 Å². The third-order valence-electron chi connectivity index (χ3n) is 7.70. The van der Waals surface area contributed by atoms with Gasteiger partial charge in [-0.15, -0.1) is 0 Å². The first-order valence-electron chi connectivity index (χ1n) is 12.3. The first-order valence-corrected chi connectivity index (χ1v) is 12.3. The third kappa shape index (κ3) is 4.58. The molecule has 0 aromatic heterocycles. The summed E-state index contributed by atoms with van der Waals surface area (Å²) in [7, 11) is 0. The number of nitrogens with zero attached hydrogens (tertiary/aromatic N) is 2. The molecular weight excluding hydrogens is 408 g/mol. The Hall–Kier alpha value is -2.62. The molecule has 4 heteroatoms. The standard InChI is InChI=1S/C29H38N2O2/c1-17(2)22-9-19(5)27(32)24(12-22)15-30-26-11-21-7-8-29(26,14-21)31-16-25-13-23(18(3)4)10-20(6)28(25)33/h9-10,12-13,15-18,21,26,32-33H,7-8,11,14H2,1-6H3. The third-order valence-corrected chi connectivity index (χ3v) is 7.70. The maximum Gasteiger partial charge on any atom is 0.127 e. The van der Waals surface area contributed by atoms with Crippen molar-refractivity contribution in [2.45, 2.75) is 90.6 Å². The minimum absolute atomic E-state index is 0.103. The molecule has 4 rings (SSSR count). The summed E-state index contributed by atoms with van der Waals surface area (Å²) in [6.45, 7) is 12.6. The van der Waals surface area contributed by atoms with Crippen molar-refractivity contribution < 1.29 is 10.2 Å². The van der Waals surface area contributed by atoms with E-state index in [2.05, 4.69) is 52.0 Å². The highest BCUT2D eigenvalue weighted by Gasteiger charge is 2.52. The molecule has 0 spiro atoms. The molecule has 2 aliphatic rings. The molecule has 0 heterocycles. The lowest BCUT2D eigenvalue weighted by atomic mass is 9.89. The van der Waals surface area contributed by atoms with Crippen molar-refractivity contribution in [1.29, 1.82) is 0 Å². The monoisotopic (exact) mass is 446 g/mol. The first kappa shape index (κ1) is 23.5. The van der Waals surface area contributed by atoms with Gasteiger partial charge in [0, 0.05) is 23.6 Å². The van der Waals surface area contributed by atoms with Gasteiger partial charge in [-0.25, -0.2) is 0 Å². The Kier molecular flexibility index (Phi) is 6.39. The minimum atomic E-state index is -0.213. The van der Waals surface area contributed by atoms with E-state index in [4.69, 9.17) is 9.98 Å². The SMILES string of the molecule is Cc1cc(C(C)C)cc(C=NC2CC3CCC2(N=Cc2cc(C(C)C)cc(C)c2O)C3)c1O. The molecule has 2 aliphatic carbocycles. The number of aromatic hydroxyl groups is 2. The number of hydrogen-bond donors (Lipinski definition) is 2. The molecule has 2 bridgehead atoms. The number of rotatable bonds is 6. The molecule has 2 fully saturated rings. The maximum atomic E-state index is 10.6. The van der Waals surface area contributed by atoms with Crippen LogP contribution in [0.2, 0.25) is 0 Å². The molecule has 33 heavy (non-hydrogen) atoms. The van der Waals surface area contributed by atoms with Crippen LogP contribution in [0.15, 0.2) is 34.3 Å². The molecule has 2 N–H and O–H groups in total. The van der Waals surface area contributed by atoms with Crippen LogP contribution in [0.1, 0.15) is 98.6 Å². The lowest BCUT2D eigenvalue weighted by Gasteiger charge is -2.28. The van der Waals surface area contributed by atoms with Gasteiger partial charge in [-0.05, 0) is 91.7 Å². The van der Waals surface area contributed by atoms with Crippen molar-refractivity contribution in [2.75, 3.05) is 0 Å². The van der Waals surface area contributed by atoms with E-state index in [1.54, 1.807) is 0 Å². The van der Waals surface area contributed by atoms with Crippen molar-refractivity contribution in [3.8, 4) is 11.5 Å². The molecule has 2 aromatic carbocycles. The summed E-state index contributed by atoms with van der Waals surface area (Å²) in [5.74, 6) is 2.08. The fourth-order valence-electron chi connectivity index (χ4n) is 5.50. The number of aryl methyl sites for hydroxylation is 2. The molecule has 3 unspecified atom stereocenters. The summed E-state index contributed by atoms with van der Waals surface area (Å²) >= 11 is 0. The van der Waals surface area contributed by atoms with Gasteiger partial charge in [-0.1, -0.05) is 39.8 Å². The molecule has 3 atom stereocenters. The summed E-state index contributed by atoms with van der Waals surface area (Å²) in [6, 6.07) is 8.33. The average molecular weight is 447 g/mol. The van der Waals surface area contributed by atoms with Gasteiger partial charge in [0.2, 0.25) is 0 Å². The Labute approximate surface area is 198 Å². The average Bonchev–Trinajstić information content (AvgIpc) is 3.33. The molecule has 2 aromatic rings. The van der Waals surface area contributed by atoms with E-state index in [1.165, 1.54) is 17.5 Å². The predicted octanol–water partition coefficient (Wildman–Crippen LogP) is 6.81. The second-order valence-corrected chi connectivity index (χ2v) is 10.9. The van der Waals surface area contributed by atoms with E-state index < -0.39 is 0 Å². The van der Waals surface area contributed by atoms with Gasteiger partial charge in [0.05, 0.1) is 11.6 Å². The van der Waals surface area contributed by atoms with Gasteiger partial charge in [-0.3, -0.25) is 9.98 Å². The molecule has 176 valence electrons. The number of benzene rings is 2. The first-order chi connectivity index (χ1) is 15.6. The highest BCUT2D eigenvalue weighted by atomic mass is 16.3. The number of hydrogen-bond acceptors (Lipinski definition) is 4. The summed E-state index contributed by atoms with van der Waals surface area (Å²) < 4.78 is 0. The van der Waals surface area contributed by atoms with Gasteiger partial charge >= 0.3 is 0 Å². The smallest absolute Gasteiger partial charge is 0.127 e. The van der Waals surface area contributed by atoms with Crippen LogP contribution in [0.3, 0.4) is 0 Å². The Morgan fingerprint density at radius 1 is 0.879 bits per heavy atom. The Morgan fingerprint density at radius 3 is 1.94 bits per heavy atom. The second-order valence-electron chi connectivity index (χ2n) is 10.9. The van der Waals surface area contributed by atoms with Gasteiger partial charge in [0.15, 0.2) is 0 Å². The lowest BCUT2D eigenvalue weighted by Crippen LogP contribution is -2.34. The van der Waals surface area contributed by atoms with Gasteiger partial charge in [0.25, 0.3) is 0 Å². The number of phenolic OH excluding ortho intramolecular Hbond substituents is 2. The van der Waals surface area contributed by atoms with Crippen molar-refractivity contribution in [3.05, 3.63) is 57.6 Å². The predicted molar refractivity (Wildman–Crippen MR) is 138 cm³/mol. The maximum absolute atomic E-state index is 10.6. The highest BCUT2D eigenvalue weighted by Crippen LogP contribution is 2.51. The fraction of sp³-hybridized carbons (Fsp3) is 0.517. The molecule has 0 saturated heterocycles. The number of aliphatic imine (C=N–C) groups is 2. The van der Waals surface area contributed by atoms with Crippen LogP contribution in [0, 0.1) is 19.8 Å². The summed E-state index contributed by atoms with van der Waals surface area (Å²) in [5.41, 5.74) is 5.58. The van der Waals surface area contributed by atoms with Crippen LogP contribution < -0.4 is 0 Å². The van der Waals surface area contributed by atoms with E-state index in [0.29, 0.717) is 29.3 Å². The van der Waals surface area contributed by atoms with Crippen LogP contribution in [0.5, 0.6) is 11.5 Å². The largest absolute Gasteiger partial charge is 0.507 e. The number of fused-ring (bicyclic) bond motifs is 2. The van der Waals surface area contributed by atoms with Crippen molar-refractivity contribution in [1.82, 2.24) is 0 Å². The van der Waals surface area contributed by atoms with Crippen molar-refractivity contribution >= 4 is 12.4 Å². The van der Waals surface area contributed by atoms with Gasteiger partial charge < -0.3 is 10.2 Å².